The van der Waals surface area contributed by atoms with Crippen LogP contribution in [-0.4, -0.2) is 33.8 Å². The van der Waals surface area contributed by atoms with Crippen molar-refractivity contribution < 1.29 is 18.0 Å². The second-order valence-corrected chi connectivity index (χ2v) is 6.79. The number of anilines is 2. The van der Waals surface area contributed by atoms with E-state index < -0.39 is 17.7 Å². The average Bonchev–Trinajstić information content (AvgIpc) is 3.14. The van der Waals surface area contributed by atoms with Gasteiger partial charge in [-0.25, -0.2) is 4.98 Å². The first-order valence-electron chi connectivity index (χ1n) is 8.94. The number of nitrogens with zero attached hydrogens (tertiary/aromatic N) is 4. The van der Waals surface area contributed by atoms with Gasteiger partial charge in [0.25, 0.3) is 0 Å². The van der Waals surface area contributed by atoms with Crippen LogP contribution in [0.25, 0.3) is 0 Å². The summed E-state index contributed by atoms with van der Waals surface area (Å²) in [7, 11) is 0. The van der Waals surface area contributed by atoms with Crippen molar-refractivity contribution in [2.24, 2.45) is 5.92 Å². The molecule has 146 valence electrons. The van der Waals surface area contributed by atoms with E-state index in [1.807, 2.05) is 0 Å². The Hall–Kier alpha value is -2.58. The molecule has 1 aliphatic rings. The van der Waals surface area contributed by atoms with Crippen LogP contribution in [0.4, 0.5) is 24.5 Å². The maximum absolute atomic E-state index is 13.6. The molecule has 1 saturated heterocycles. The topological polar surface area (TPSA) is 63.1 Å². The molecule has 1 aromatic heterocycles. The van der Waals surface area contributed by atoms with E-state index in [1.54, 1.807) is 11.8 Å². The number of hydrogen-bond donors (Lipinski definition) is 1. The number of nitrogens with one attached hydrogen (secondary N) is 1. The zero-order valence-corrected chi connectivity index (χ0v) is 15.0. The monoisotopic (exact) mass is 381 g/mol. The molecule has 0 spiro atoms. The van der Waals surface area contributed by atoms with Gasteiger partial charge in [0.1, 0.15) is 12.7 Å². The van der Waals surface area contributed by atoms with Crippen molar-refractivity contribution in [3.8, 4) is 0 Å². The summed E-state index contributed by atoms with van der Waals surface area (Å²) < 4.78 is 42.2. The molecule has 6 nitrogen and oxygen atoms in total. The van der Waals surface area contributed by atoms with Gasteiger partial charge < -0.3 is 10.2 Å². The Balaban J connectivity index is 1.76. The average molecular weight is 381 g/mol. The molecule has 2 aromatic rings. The van der Waals surface area contributed by atoms with Gasteiger partial charge in [-0.15, -0.1) is 0 Å². The minimum atomic E-state index is -4.49. The lowest BCUT2D eigenvalue weighted by Crippen LogP contribution is -2.31. The molecule has 1 fully saturated rings. The second kappa shape index (κ2) is 7.98. The second-order valence-electron chi connectivity index (χ2n) is 6.79. The van der Waals surface area contributed by atoms with Crippen molar-refractivity contribution in [1.82, 2.24) is 14.8 Å². The first kappa shape index (κ1) is 19.2. The number of alkyl halides is 3. The summed E-state index contributed by atoms with van der Waals surface area (Å²) in [5.74, 6) is -0.841. The van der Waals surface area contributed by atoms with Crippen LogP contribution in [0.5, 0.6) is 0 Å². The van der Waals surface area contributed by atoms with E-state index in [9.17, 15) is 18.0 Å². The maximum Gasteiger partial charge on any atom is 0.418 e. The summed E-state index contributed by atoms with van der Waals surface area (Å²) in [6.45, 7) is 3.21. The number of carbonyl (C=O) groups is 1. The third-order valence-corrected chi connectivity index (χ3v) is 4.64. The number of halogens is 3. The fourth-order valence-corrected chi connectivity index (χ4v) is 3.21. The molecular weight excluding hydrogens is 359 g/mol. The minimum Gasteiger partial charge on any atom is -0.371 e. The summed E-state index contributed by atoms with van der Waals surface area (Å²) in [5, 5.41) is 6.50. The van der Waals surface area contributed by atoms with Crippen molar-refractivity contribution in [2.45, 2.75) is 38.9 Å². The fourth-order valence-electron chi connectivity index (χ4n) is 3.21. The Kier molecular flexibility index (Phi) is 5.67. The van der Waals surface area contributed by atoms with E-state index in [0.29, 0.717) is 19.6 Å². The number of benzene rings is 1. The van der Waals surface area contributed by atoms with E-state index in [-0.39, 0.29) is 17.3 Å². The molecule has 0 saturated carbocycles. The van der Waals surface area contributed by atoms with Crippen molar-refractivity contribution in [3.05, 3.63) is 36.4 Å². The molecule has 1 N–H and O–H groups in total. The molecule has 0 unspecified atom stereocenters. The molecule has 1 aromatic carbocycles. The van der Waals surface area contributed by atoms with Crippen molar-refractivity contribution in [1.29, 1.82) is 0 Å². The summed E-state index contributed by atoms with van der Waals surface area (Å²) in [6.07, 6.45) is 1.17. The molecule has 3 rings (SSSR count). The first-order chi connectivity index (χ1) is 12.8. The zero-order valence-electron chi connectivity index (χ0n) is 15.0. The van der Waals surface area contributed by atoms with Gasteiger partial charge >= 0.3 is 6.18 Å². The lowest BCUT2D eigenvalue weighted by atomic mass is 10.1. The zero-order chi connectivity index (χ0) is 19.4. The van der Waals surface area contributed by atoms with Gasteiger partial charge in [-0.1, -0.05) is 6.92 Å². The molecular formula is C18H22F3N5O. The number of carbonyl (C=O) groups excluding carboxylic acids is 1. The molecule has 0 bridgehead atoms. The number of amides is 1. The van der Waals surface area contributed by atoms with E-state index in [2.05, 4.69) is 15.4 Å². The minimum absolute atomic E-state index is 0.138. The van der Waals surface area contributed by atoms with Crippen LogP contribution in [0.15, 0.2) is 30.9 Å². The van der Waals surface area contributed by atoms with Crippen LogP contribution in [0.2, 0.25) is 0 Å². The predicted molar refractivity (Wildman–Crippen MR) is 95.3 cm³/mol. The SMILES string of the molecule is C[C@@H](Cn1cncn1)C(=O)Nc1ccc(N2CCCCC2)c(C(F)(F)F)c1. The number of piperidine rings is 1. The standard InChI is InChI=1S/C18H22F3N5O/c1-13(10-26-12-22-11-23-26)17(27)24-14-5-6-16(15(9-14)18(19,20)21)25-7-3-2-4-8-25/h5-6,9,11-13H,2-4,7-8,10H2,1H3,(H,24,27)/t13-/m0/s1. The van der Waals surface area contributed by atoms with E-state index >= 15 is 0 Å². The number of rotatable bonds is 5. The van der Waals surface area contributed by atoms with Gasteiger partial charge in [-0.3, -0.25) is 9.48 Å². The first-order valence-corrected chi connectivity index (χ1v) is 8.94. The van der Waals surface area contributed by atoms with Gasteiger partial charge in [0.2, 0.25) is 5.91 Å². The smallest absolute Gasteiger partial charge is 0.371 e. The molecule has 1 aliphatic heterocycles. The number of aromatic nitrogens is 3. The lowest BCUT2D eigenvalue weighted by molar-refractivity contribution is -0.137. The third-order valence-electron chi connectivity index (χ3n) is 4.64. The van der Waals surface area contributed by atoms with Crippen LogP contribution >= 0.6 is 0 Å². The molecule has 1 atom stereocenters. The predicted octanol–water partition coefficient (Wildman–Crippen LogP) is 3.56. The molecule has 2 heterocycles. The van der Waals surface area contributed by atoms with Gasteiger partial charge in [-0.05, 0) is 37.5 Å². The Morgan fingerprint density at radius 3 is 2.63 bits per heavy atom. The van der Waals surface area contributed by atoms with Gasteiger partial charge in [0.15, 0.2) is 0 Å². The molecule has 27 heavy (non-hydrogen) atoms. The van der Waals surface area contributed by atoms with Crippen LogP contribution in [0.1, 0.15) is 31.7 Å². The van der Waals surface area contributed by atoms with Gasteiger partial charge in [0.05, 0.1) is 18.0 Å². The normalized spacial score (nSPS) is 16.2. The highest BCUT2D eigenvalue weighted by Gasteiger charge is 2.35. The lowest BCUT2D eigenvalue weighted by Gasteiger charge is -2.31. The highest BCUT2D eigenvalue weighted by molar-refractivity contribution is 5.92. The van der Waals surface area contributed by atoms with E-state index in [0.717, 1.165) is 25.3 Å². The summed E-state index contributed by atoms with van der Waals surface area (Å²) in [6, 6.07) is 4.00. The van der Waals surface area contributed by atoms with Crippen LogP contribution in [-0.2, 0) is 17.5 Å². The van der Waals surface area contributed by atoms with Gasteiger partial charge in [0, 0.05) is 24.5 Å². The molecule has 9 heteroatoms. The van der Waals surface area contributed by atoms with Crippen molar-refractivity contribution in [2.75, 3.05) is 23.3 Å². The van der Waals surface area contributed by atoms with E-state index in [1.165, 1.54) is 29.5 Å². The van der Waals surface area contributed by atoms with Crippen LogP contribution < -0.4 is 10.2 Å². The quantitative estimate of drug-likeness (QED) is 0.860. The van der Waals surface area contributed by atoms with Crippen LogP contribution in [0, 0.1) is 5.92 Å². The largest absolute Gasteiger partial charge is 0.418 e. The van der Waals surface area contributed by atoms with E-state index in [4.69, 9.17) is 0 Å². The Morgan fingerprint density at radius 1 is 1.26 bits per heavy atom. The maximum atomic E-state index is 13.6. The fraction of sp³-hybridized carbons (Fsp3) is 0.500. The Morgan fingerprint density at radius 2 is 2.00 bits per heavy atom. The van der Waals surface area contributed by atoms with Crippen molar-refractivity contribution in [3.63, 3.8) is 0 Å². The Bertz CT molecular complexity index is 770. The molecule has 0 aliphatic carbocycles. The highest BCUT2D eigenvalue weighted by atomic mass is 19.4. The third kappa shape index (κ3) is 4.78. The Labute approximate surface area is 155 Å². The van der Waals surface area contributed by atoms with Crippen molar-refractivity contribution >= 4 is 17.3 Å². The number of hydrogen-bond acceptors (Lipinski definition) is 4. The summed E-state index contributed by atoms with van der Waals surface area (Å²) in [5.41, 5.74) is -0.402. The highest BCUT2D eigenvalue weighted by Crippen LogP contribution is 2.39. The van der Waals surface area contributed by atoms with Gasteiger partial charge in [-0.2, -0.15) is 18.3 Å². The molecule has 1 amide bonds. The summed E-state index contributed by atoms with van der Waals surface area (Å²) >= 11 is 0. The molecule has 0 radical (unpaired) electrons. The van der Waals surface area contributed by atoms with Crippen LogP contribution in [0.3, 0.4) is 0 Å². The summed E-state index contributed by atoms with van der Waals surface area (Å²) in [4.78, 5) is 17.9.